The summed E-state index contributed by atoms with van der Waals surface area (Å²) in [6.45, 7) is 1.61. The minimum atomic E-state index is -0.375. The van der Waals surface area contributed by atoms with Crippen LogP contribution in [0.3, 0.4) is 0 Å². The number of nitrogens with zero attached hydrogens (tertiary/aromatic N) is 1. The maximum atomic E-state index is 13.2. The number of aromatic amines is 1. The average Bonchev–Trinajstić information content (AvgIpc) is 2.37. The van der Waals surface area contributed by atoms with Crippen LogP contribution in [0.4, 0.5) is 4.39 Å². The van der Waals surface area contributed by atoms with E-state index in [1.54, 1.807) is 19.1 Å². The zero-order chi connectivity index (χ0) is 14.0. The Morgan fingerprint density at radius 3 is 2.79 bits per heavy atom. The number of H-pyrrole nitrogens is 1. The van der Waals surface area contributed by atoms with Gasteiger partial charge in [0.05, 0.1) is 4.47 Å². The molecule has 1 aromatic carbocycles. The topological polar surface area (TPSA) is 66.0 Å². The lowest BCUT2D eigenvalue weighted by Gasteiger charge is -2.07. The molecule has 1 heterocycles. The van der Waals surface area contributed by atoms with Gasteiger partial charge in [-0.2, -0.15) is 0 Å². The van der Waals surface area contributed by atoms with E-state index in [1.807, 2.05) is 0 Å². The molecule has 0 aliphatic rings. The molecule has 0 saturated carbocycles. The van der Waals surface area contributed by atoms with Gasteiger partial charge in [0.15, 0.2) is 0 Å². The molecule has 100 valence electrons. The first kappa shape index (κ1) is 13.9. The molecule has 2 aromatic rings. The standard InChI is InChI=1S/C13H12BrFN2O2/c1-7-9(4-5-18)13(19)17-12(16-7)8-2-3-11(15)10(14)6-8/h2-3,6,18H,4-5H2,1H3,(H,16,17,19). The Morgan fingerprint density at radius 2 is 2.21 bits per heavy atom. The SMILES string of the molecule is Cc1nc(-c2ccc(F)c(Br)c2)[nH]c(=O)c1CCO. The van der Waals surface area contributed by atoms with Crippen molar-refractivity contribution < 1.29 is 9.50 Å². The number of hydrogen-bond donors (Lipinski definition) is 2. The number of benzene rings is 1. The summed E-state index contributed by atoms with van der Waals surface area (Å²) in [4.78, 5) is 18.8. The zero-order valence-corrected chi connectivity index (χ0v) is 11.8. The van der Waals surface area contributed by atoms with Crippen LogP contribution in [0.2, 0.25) is 0 Å². The summed E-state index contributed by atoms with van der Waals surface area (Å²) in [5.74, 6) is 0.00427. The summed E-state index contributed by atoms with van der Waals surface area (Å²) in [6, 6.07) is 4.40. The first-order valence-electron chi connectivity index (χ1n) is 5.69. The van der Waals surface area contributed by atoms with Crippen LogP contribution in [0, 0.1) is 12.7 Å². The summed E-state index contributed by atoms with van der Waals surface area (Å²) >= 11 is 3.09. The van der Waals surface area contributed by atoms with Gasteiger partial charge in [0.25, 0.3) is 5.56 Å². The van der Waals surface area contributed by atoms with Crippen molar-refractivity contribution in [3.8, 4) is 11.4 Å². The summed E-state index contributed by atoms with van der Waals surface area (Å²) in [5.41, 5.74) is 1.36. The Labute approximate surface area is 117 Å². The number of aliphatic hydroxyl groups excluding tert-OH is 1. The number of aliphatic hydroxyl groups is 1. The number of aromatic nitrogens is 2. The van der Waals surface area contributed by atoms with Gasteiger partial charge in [0.2, 0.25) is 0 Å². The van der Waals surface area contributed by atoms with Gasteiger partial charge >= 0.3 is 0 Å². The number of hydrogen-bond acceptors (Lipinski definition) is 3. The molecular formula is C13H12BrFN2O2. The van der Waals surface area contributed by atoms with Crippen LogP contribution in [-0.2, 0) is 6.42 Å². The van der Waals surface area contributed by atoms with Crippen LogP contribution in [-0.4, -0.2) is 21.7 Å². The molecule has 2 N–H and O–H groups in total. The summed E-state index contributed by atoms with van der Waals surface area (Å²) in [5, 5.41) is 8.89. The number of aryl methyl sites for hydroxylation is 1. The fourth-order valence-electron chi connectivity index (χ4n) is 1.80. The normalized spacial score (nSPS) is 10.7. The molecule has 4 nitrogen and oxygen atoms in total. The Bertz CT molecular complexity index is 670. The highest BCUT2D eigenvalue weighted by Crippen LogP contribution is 2.22. The third kappa shape index (κ3) is 2.90. The second-order valence-electron chi connectivity index (χ2n) is 4.08. The molecule has 6 heteroatoms. The van der Waals surface area contributed by atoms with Crippen LogP contribution in [0.5, 0.6) is 0 Å². The highest BCUT2D eigenvalue weighted by atomic mass is 79.9. The van der Waals surface area contributed by atoms with Gasteiger partial charge in [0.1, 0.15) is 11.6 Å². The van der Waals surface area contributed by atoms with E-state index in [0.29, 0.717) is 27.1 Å². The third-order valence-electron chi connectivity index (χ3n) is 2.78. The molecule has 0 saturated heterocycles. The second kappa shape index (κ2) is 5.63. The average molecular weight is 327 g/mol. The van der Waals surface area contributed by atoms with E-state index in [2.05, 4.69) is 25.9 Å². The molecule has 2 rings (SSSR count). The molecule has 19 heavy (non-hydrogen) atoms. The molecule has 0 bridgehead atoms. The van der Waals surface area contributed by atoms with Crippen LogP contribution in [0.15, 0.2) is 27.5 Å². The first-order valence-corrected chi connectivity index (χ1v) is 6.48. The van der Waals surface area contributed by atoms with Crippen LogP contribution >= 0.6 is 15.9 Å². The minimum absolute atomic E-state index is 0.104. The molecule has 0 fully saturated rings. The van der Waals surface area contributed by atoms with Gasteiger partial charge in [-0.1, -0.05) is 0 Å². The van der Waals surface area contributed by atoms with Crippen molar-refractivity contribution in [3.63, 3.8) is 0 Å². The lowest BCUT2D eigenvalue weighted by atomic mass is 10.1. The Balaban J connectivity index is 2.52. The molecule has 0 aliphatic carbocycles. The number of halogens is 2. The molecular weight excluding hydrogens is 315 g/mol. The highest BCUT2D eigenvalue weighted by Gasteiger charge is 2.10. The first-order chi connectivity index (χ1) is 9.02. The smallest absolute Gasteiger partial charge is 0.254 e. The van der Waals surface area contributed by atoms with Gasteiger partial charge in [-0.05, 0) is 41.1 Å². The molecule has 0 atom stereocenters. The lowest BCUT2D eigenvalue weighted by molar-refractivity contribution is 0.298. The van der Waals surface area contributed by atoms with Crippen molar-refractivity contribution in [2.24, 2.45) is 0 Å². The largest absolute Gasteiger partial charge is 0.396 e. The highest BCUT2D eigenvalue weighted by molar-refractivity contribution is 9.10. The van der Waals surface area contributed by atoms with Crippen molar-refractivity contribution >= 4 is 15.9 Å². The van der Waals surface area contributed by atoms with Crippen LogP contribution in [0.25, 0.3) is 11.4 Å². The quantitative estimate of drug-likeness (QED) is 0.908. The van der Waals surface area contributed by atoms with Crippen molar-refractivity contribution in [1.29, 1.82) is 0 Å². The van der Waals surface area contributed by atoms with E-state index in [-0.39, 0.29) is 24.4 Å². The Hall–Kier alpha value is -1.53. The number of nitrogens with one attached hydrogen (secondary N) is 1. The molecule has 0 spiro atoms. The van der Waals surface area contributed by atoms with E-state index in [1.165, 1.54) is 6.07 Å². The maximum Gasteiger partial charge on any atom is 0.254 e. The zero-order valence-electron chi connectivity index (χ0n) is 10.2. The Kier molecular flexibility index (Phi) is 4.11. The van der Waals surface area contributed by atoms with Gasteiger partial charge in [-0.15, -0.1) is 0 Å². The molecule has 0 unspecified atom stereocenters. The Morgan fingerprint density at radius 1 is 1.47 bits per heavy atom. The van der Waals surface area contributed by atoms with E-state index in [9.17, 15) is 9.18 Å². The van der Waals surface area contributed by atoms with Crippen molar-refractivity contribution in [3.05, 3.63) is 50.1 Å². The van der Waals surface area contributed by atoms with E-state index >= 15 is 0 Å². The summed E-state index contributed by atoms with van der Waals surface area (Å²) < 4.78 is 13.5. The monoisotopic (exact) mass is 326 g/mol. The van der Waals surface area contributed by atoms with Gasteiger partial charge in [-0.3, -0.25) is 4.79 Å². The predicted molar refractivity (Wildman–Crippen MR) is 73.5 cm³/mol. The van der Waals surface area contributed by atoms with Crippen molar-refractivity contribution in [2.75, 3.05) is 6.61 Å². The second-order valence-corrected chi connectivity index (χ2v) is 4.94. The lowest BCUT2D eigenvalue weighted by Crippen LogP contribution is -2.18. The number of rotatable bonds is 3. The molecule has 1 aromatic heterocycles. The molecule has 0 radical (unpaired) electrons. The fraction of sp³-hybridized carbons (Fsp3) is 0.231. The van der Waals surface area contributed by atoms with Gasteiger partial charge in [0, 0.05) is 29.8 Å². The summed E-state index contributed by atoms with van der Waals surface area (Å²) in [7, 11) is 0. The summed E-state index contributed by atoms with van der Waals surface area (Å²) in [6.07, 6.45) is 0.265. The van der Waals surface area contributed by atoms with Crippen molar-refractivity contribution in [2.45, 2.75) is 13.3 Å². The minimum Gasteiger partial charge on any atom is -0.396 e. The van der Waals surface area contributed by atoms with E-state index < -0.39 is 0 Å². The fourth-order valence-corrected chi connectivity index (χ4v) is 2.18. The van der Waals surface area contributed by atoms with E-state index in [0.717, 1.165) is 0 Å². The predicted octanol–water partition coefficient (Wildman–Crippen LogP) is 2.18. The molecule has 0 amide bonds. The van der Waals surface area contributed by atoms with Crippen molar-refractivity contribution in [1.82, 2.24) is 9.97 Å². The maximum absolute atomic E-state index is 13.2. The van der Waals surface area contributed by atoms with Gasteiger partial charge < -0.3 is 10.1 Å². The van der Waals surface area contributed by atoms with Crippen LogP contribution in [0.1, 0.15) is 11.3 Å². The van der Waals surface area contributed by atoms with Crippen LogP contribution < -0.4 is 5.56 Å². The molecule has 0 aliphatic heterocycles. The van der Waals surface area contributed by atoms with E-state index in [4.69, 9.17) is 5.11 Å². The van der Waals surface area contributed by atoms with Gasteiger partial charge in [-0.25, -0.2) is 9.37 Å². The third-order valence-corrected chi connectivity index (χ3v) is 3.38.